The fourth-order valence-corrected chi connectivity index (χ4v) is 4.87. The quantitative estimate of drug-likeness (QED) is 0.182. The van der Waals surface area contributed by atoms with Crippen molar-refractivity contribution in [1.29, 1.82) is 0 Å². The van der Waals surface area contributed by atoms with Gasteiger partial charge in [0.2, 0.25) is 0 Å². The maximum Gasteiger partial charge on any atom is 0.256 e. The van der Waals surface area contributed by atoms with Crippen LogP contribution in [0.4, 0.5) is 21.5 Å². The van der Waals surface area contributed by atoms with E-state index in [1.54, 1.807) is 37.6 Å². The number of carbonyl (C=O) groups excluding carboxylic acids is 1. The molecule has 0 saturated heterocycles. The van der Waals surface area contributed by atoms with E-state index in [4.69, 9.17) is 15.2 Å². The van der Waals surface area contributed by atoms with E-state index in [2.05, 4.69) is 15.6 Å². The average molecular weight is 551 g/mol. The summed E-state index contributed by atoms with van der Waals surface area (Å²) < 4.78 is 24.9. The van der Waals surface area contributed by atoms with Crippen LogP contribution in [0.5, 0.6) is 11.5 Å². The number of pyridine rings is 1. The van der Waals surface area contributed by atoms with Crippen molar-refractivity contribution < 1.29 is 18.7 Å². The molecule has 6 rings (SSSR count). The van der Waals surface area contributed by atoms with E-state index in [0.717, 1.165) is 51.5 Å². The molecule has 8 heteroatoms. The Morgan fingerprint density at radius 1 is 1.00 bits per heavy atom. The van der Waals surface area contributed by atoms with Gasteiger partial charge in [-0.1, -0.05) is 24.3 Å². The highest BCUT2D eigenvalue weighted by Gasteiger charge is 2.39. The first kappa shape index (κ1) is 26.5. The lowest BCUT2D eigenvalue weighted by Crippen LogP contribution is -2.29. The summed E-state index contributed by atoms with van der Waals surface area (Å²) in [6, 6.07) is 22.4. The Bertz CT molecular complexity index is 1780. The molecule has 1 aliphatic rings. The average Bonchev–Trinajstić information content (AvgIpc) is 3.73. The smallest absolute Gasteiger partial charge is 0.256 e. The van der Waals surface area contributed by atoms with Crippen molar-refractivity contribution >= 4 is 44.6 Å². The van der Waals surface area contributed by atoms with E-state index in [0.29, 0.717) is 34.9 Å². The van der Waals surface area contributed by atoms with Crippen LogP contribution in [0.3, 0.4) is 0 Å². The molecule has 0 bridgehead atoms. The van der Waals surface area contributed by atoms with Crippen molar-refractivity contribution in [3.63, 3.8) is 0 Å². The standard InChI is InChI=1S/C33H31FN4O3/c1-20-6-7-24(15-22(20)18-34)38-32(39)26-5-3-4-21-14-23(8-9-25(21)26)37-28-10-13-36-29-17-31(30(40-2)16-27(28)29)41-19-33(35)11-12-33/h3-10,13-17H,11-12,18-19,35H2,1-2H3,(H,36,37)(H,38,39). The van der Waals surface area contributed by atoms with Crippen LogP contribution in [-0.4, -0.2) is 30.1 Å². The molecule has 0 atom stereocenters. The van der Waals surface area contributed by atoms with Gasteiger partial charge in [-0.2, -0.15) is 0 Å². The first-order valence-electron chi connectivity index (χ1n) is 13.5. The number of alkyl halides is 1. The number of hydrogen-bond acceptors (Lipinski definition) is 6. The van der Waals surface area contributed by atoms with Gasteiger partial charge in [0.1, 0.15) is 13.3 Å². The molecule has 0 spiro atoms. The lowest BCUT2D eigenvalue weighted by molar-refractivity contribution is 0.102. The Hall–Kier alpha value is -4.69. The van der Waals surface area contributed by atoms with E-state index < -0.39 is 6.67 Å². The molecule has 0 radical (unpaired) electrons. The molecule has 0 aliphatic heterocycles. The Labute approximate surface area is 237 Å². The number of amides is 1. The van der Waals surface area contributed by atoms with Gasteiger partial charge >= 0.3 is 0 Å². The first-order valence-corrected chi connectivity index (χ1v) is 13.5. The van der Waals surface area contributed by atoms with Crippen LogP contribution in [0.15, 0.2) is 79.0 Å². The number of methoxy groups -OCH3 is 1. The van der Waals surface area contributed by atoms with Crippen molar-refractivity contribution in [2.75, 3.05) is 24.4 Å². The first-order chi connectivity index (χ1) is 19.9. The maximum atomic E-state index is 13.3. The van der Waals surface area contributed by atoms with Gasteiger partial charge in [0.15, 0.2) is 11.5 Å². The molecule has 7 nitrogen and oxygen atoms in total. The molecule has 1 heterocycles. The number of aryl methyl sites for hydroxylation is 1. The van der Waals surface area contributed by atoms with Gasteiger partial charge in [0, 0.05) is 40.3 Å². The lowest BCUT2D eigenvalue weighted by atomic mass is 10.0. The summed E-state index contributed by atoms with van der Waals surface area (Å²) in [6.07, 6.45) is 3.66. The minimum atomic E-state index is -0.580. The summed E-state index contributed by atoms with van der Waals surface area (Å²) in [5.74, 6) is 0.973. The normalized spacial score (nSPS) is 13.7. The fourth-order valence-electron chi connectivity index (χ4n) is 4.87. The molecular formula is C33H31FN4O3. The number of aromatic nitrogens is 1. The van der Waals surface area contributed by atoms with Crippen LogP contribution in [-0.2, 0) is 6.67 Å². The number of nitrogens with one attached hydrogen (secondary N) is 2. The highest BCUT2D eigenvalue weighted by Crippen LogP contribution is 2.38. The lowest BCUT2D eigenvalue weighted by Gasteiger charge is -2.16. The van der Waals surface area contributed by atoms with Crippen LogP contribution >= 0.6 is 0 Å². The number of carbonyl (C=O) groups is 1. The number of fused-ring (bicyclic) bond motifs is 2. The van der Waals surface area contributed by atoms with Crippen molar-refractivity contribution in [2.24, 2.45) is 5.73 Å². The molecule has 1 aromatic heterocycles. The van der Waals surface area contributed by atoms with Crippen molar-refractivity contribution in [1.82, 2.24) is 4.98 Å². The highest BCUT2D eigenvalue weighted by atomic mass is 19.1. The SMILES string of the molecule is COc1cc2c(Nc3ccc4c(C(=O)Nc5ccc(C)c(CF)c5)cccc4c3)ccnc2cc1OCC1(N)CC1. The monoisotopic (exact) mass is 550 g/mol. The second kappa shape index (κ2) is 10.7. The number of rotatable bonds is 9. The maximum absolute atomic E-state index is 13.3. The van der Waals surface area contributed by atoms with Gasteiger partial charge in [-0.3, -0.25) is 9.78 Å². The molecule has 0 unspecified atom stereocenters. The summed E-state index contributed by atoms with van der Waals surface area (Å²) in [4.78, 5) is 17.7. The molecule has 4 N–H and O–H groups in total. The number of benzene rings is 4. The van der Waals surface area contributed by atoms with E-state index >= 15 is 0 Å². The fraction of sp³-hybridized carbons (Fsp3) is 0.212. The number of anilines is 3. The van der Waals surface area contributed by atoms with E-state index in [1.807, 2.05) is 55.5 Å². The summed E-state index contributed by atoms with van der Waals surface area (Å²) in [6.45, 7) is 1.70. The van der Waals surface area contributed by atoms with E-state index in [-0.39, 0.29) is 11.4 Å². The van der Waals surface area contributed by atoms with Crippen molar-refractivity contribution in [3.05, 3.63) is 95.7 Å². The molecule has 1 aliphatic carbocycles. The third kappa shape index (κ3) is 5.51. The molecule has 1 amide bonds. The predicted octanol–water partition coefficient (Wildman–Crippen LogP) is 7.04. The van der Waals surface area contributed by atoms with Gasteiger partial charge in [-0.05, 0) is 84.1 Å². The summed E-state index contributed by atoms with van der Waals surface area (Å²) in [7, 11) is 1.61. The number of nitrogens with zero attached hydrogens (tertiary/aromatic N) is 1. The molecule has 5 aromatic rings. The van der Waals surface area contributed by atoms with Crippen LogP contribution in [0.1, 0.15) is 34.3 Å². The number of ether oxygens (including phenoxy) is 2. The zero-order valence-corrected chi connectivity index (χ0v) is 23.0. The van der Waals surface area contributed by atoms with E-state index in [9.17, 15) is 9.18 Å². The molecule has 1 saturated carbocycles. The predicted molar refractivity (Wildman–Crippen MR) is 161 cm³/mol. The Balaban J connectivity index is 1.26. The van der Waals surface area contributed by atoms with Crippen molar-refractivity contribution in [2.45, 2.75) is 32.0 Å². The minimum absolute atomic E-state index is 0.243. The number of nitrogens with two attached hydrogens (primary N) is 1. The van der Waals surface area contributed by atoms with Gasteiger partial charge in [0.25, 0.3) is 5.91 Å². The van der Waals surface area contributed by atoms with Crippen LogP contribution < -0.4 is 25.8 Å². The molecular weight excluding hydrogens is 519 g/mol. The van der Waals surface area contributed by atoms with Gasteiger partial charge < -0.3 is 25.8 Å². The Morgan fingerprint density at radius 3 is 2.61 bits per heavy atom. The Morgan fingerprint density at radius 2 is 1.83 bits per heavy atom. The van der Waals surface area contributed by atoms with Gasteiger partial charge in [0.05, 0.1) is 18.2 Å². The molecule has 208 valence electrons. The van der Waals surface area contributed by atoms with Crippen LogP contribution in [0.25, 0.3) is 21.7 Å². The van der Waals surface area contributed by atoms with Gasteiger partial charge in [-0.15, -0.1) is 0 Å². The topological polar surface area (TPSA) is 98.5 Å². The molecule has 41 heavy (non-hydrogen) atoms. The largest absolute Gasteiger partial charge is 0.493 e. The van der Waals surface area contributed by atoms with Crippen LogP contribution in [0, 0.1) is 6.92 Å². The Kier molecular flexibility index (Phi) is 6.93. The third-order valence-electron chi connectivity index (χ3n) is 7.59. The summed E-state index contributed by atoms with van der Waals surface area (Å²) >= 11 is 0. The molecule has 1 fully saturated rings. The number of hydrogen-bond donors (Lipinski definition) is 3. The zero-order valence-electron chi connectivity index (χ0n) is 23.0. The van der Waals surface area contributed by atoms with E-state index in [1.165, 1.54) is 0 Å². The third-order valence-corrected chi connectivity index (χ3v) is 7.59. The summed E-state index contributed by atoms with van der Waals surface area (Å²) in [5.41, 5.74) is 10.9. The zero-order chi connectivity index (χ0) is 28.6. The summed E-state index contributed by atoms with van der Waals surface area (Å²) in [5, 5.41) is 8.99. The van der Waals surface area contributed by atoms with Crippen LogP contribution in [0.2, 0.25) is 0 Å². The second-order valence-corrected chi connectivity index (χ2v) is 10.6. The van der Waals surface area contributed by atoms with Gasteiger partial charge in [-0.25, -0.2) is 4.39 Å². The van der Waals surface area contributed by atoms with Crippen molar-refractivity contribution in [3.8, 4) is 11.5 Å². The minimum Gasteiger partial charge on any atom is -0.493 e. The molecule has 4 aromatic carbocycles. The highest BCUT2D eigenvalue weighted by molar-refractivity contribution is 6.13. The second-order valence-electron chi connectivity index (χ2n) is 10.6. The number of halogens is 1.